The molecule has 2 heterocycles. The van der Waals surface area contributed by atoms with Gasteiger partial charge in [-0.15, -0.1) is 0 Å². The van der Waals surface area contributed by atoms with E-state index in [1.807, 2.05) is 12.1 Å². The zero-order valence-electron chi connectivity index (χ0n) is 20.5. The third kappa shape index (κ3) is 10.9. The summed E-state index contributed by atoms with van der Waals surface area (Å²) in [4.78, 5) is 24.3. The SMILES string of the molecule is CN1CCC(Cc2ccc([N+](=O)[O-])cc2)CC1.CN1CCC(N)CC1.O=[N+]([O-])c1ccc(F)cc1. The molecule has 2 aliphatic heterocycles. The minimum atomic E-state index is -0.570. The second kappa shape index (κ2) is 14.4. The monoisotopic (exact) mass is 489 g/mol. The van der Waals surface area contributed by atoms with Crippen molar-refractivity contribution in [3.63, 3.8) is 0 Å². The molecular formula is C25H36FN5O4. The number of non-ortho nitro benzene ring substituents is 2. The van der Waals surface area contributed by atoms with Gasteiger partial charge in [0.05, 0.1) is 9.85 Å². The molecule has 2 aliphatic rings. The molecule has 4 rings (SSSR count). The molecule has 10 heteroatoms. The summed E-state index contributed by atoms with van der Waals surface area (Å²) in [6.45, 7) is 4.69. The molecule has 0 saturated carbocycles. The first kappa shape index (κ1) is 28.3. The van der Waals surface area contributed by atoms with Gasteiger partial charge in [0, 0.05) is 30.3 Å². The average Bonchev–Trinajstić information content (AvgIpc) is 2.84. The summed E-state index contributed by atoms with van der Waals surface area (Å²) in [5.74, 6) is 0.262. The van der Waals surface area contributed by atoms with E-state index in [4.69, 9.17) is 5.73 Å². The van der Waals surface area contributed by atoms with Gasteiger partial charge in [-0.1, -0.05) is 12.1 Å². The molecule has 0 aliphatic carbocycles. The van der Waals surface area contributed by atoms with Crippen molar-refractivity contribution in [1.82, 2.24) is 9.80 Å². The van der Waals surface area contributed by atoms with Crippen LogP contribution in [0.25, 0.3) is 0 Å². The van der Waals surface area contributed by atoms with E-state index in [0.717, 1.165) is 49.7 Å². The lowest BCUT2D eigenvalue weighted by atomic mass is 9.90. The molecular weight excluding hydrogens is 453 g/mol. The van der Waals surface area contributed by atoms with Crippen molar-refractivity contribution in [3.8, 4) is 0 Å². The van der Waals surface area contributed by atoms with E-state index in [1.165, 1.54) is 44.3 Å². The summed E-state index contributed by atoms with van der Waals surface area (Å²) in [6.07, 6.45) is 5.86. The Labute approximate surface area is 206 Å². The Morgan fingerprint density at radius 2 is 1.20 bits per heavy atom. The predicted octanol–water partition coefficient (Wildman–Crippen LogP) is 4.25. The van der Waals surface area contributed by atoms with Crippen LogP contribution in [-0.4, -0.2) is 66.0 Å². The van der Waals surface area contributed by atoms with Gasteiger partial charge >= 0.3 is 0 Å². The molecule has 35 heavy (non-hydrogen) atoms. The van der Waals surface area contributed by atoms with Gasteiger partial charge in [0.1, 0.15) is 5.82 Å². The number of nitrogens with zero attached hydrogens (tertiary/aromatic N) is 4. The summed E-state index contributed by atoms with van der Waals surface area (Å²) in [7, 11) is 4.30. The number of rotatable bonds is 4. The van der Waals surface area contributed by atoms with Crippen LogP contribution < -0.4 is 5.73 Å². The molecule has 0 spiro atoms. The molecule has 2 aromatic rings. The normalized spacial score (nSPS) is 17.5. The standard InChI is InChI=1S/C13H18N2O2.C6H4FNO2.C6H14N2/c1-14-8-6-12(7-9-14)10-11-2-4-13(5-3-11)15(16)17;7-5-1-3-6(4-2-5)8(9)10;1-8-4-2-6(7)3-5-8/h2-5,12H,6-10H2,1H3;1-4H;6H,2-5,7H2,1H3. The Morgan fingerprint density at radius 1 is 0.800 bits per heavy atom. The summed E-state index contributed by atoms with van der Waals surface area (Å²) in [5, 5.41) is 20.5. The molecule has 2 saturated heterocycles. The van der Waals surface area contributed by atoms with Gasteiger partial charge in [-0.25, -0.2) is 4.39 Å². The van der Waals surface area contributed by atoms with E-state index in [2.05, 4.69) is 23.9 Å². The maximum Gasteiger partial charge on any atom is 0.269 e. The van der Waals surface area contributed by atoms with Gasteiger partial charge < -0.3 is 15.5 Å². The number of hydrogen-bond donors (Lipinski definition) is 1. The van der Waals surface area contributed by atoms with Crippen molar-refractivity contribution in [1.29, 1.82) is 0 Å². The predicted molar refractivity (Wildman–Crippen MR) is 135 cm³/mol. The van der Waals surface area contributed by atoms with Crippen molar-refractivity contribution >= 4 is 11.4 Å². The molecule has 0 bridgehead atoms. The zero-order chi connectivity index (χ0) is 25.8. The lowest BCUT2D eigenvalue weighted by Gasteiger charge is -2.28. The van der Waals surface area contributed by atoms with E-state index >= 15 is 0 Å². The van der Waals surface area contributed by atoms with E-state index in [1.54, 1.807) is 12.1 Å². The fourth-order valence-electron chi connectivity index (χ4n) is 3.94. The molecule has 0 atom stereocenters. The van der Waals surface area contributed by atoms with Crippen LogP contribution in [0.15, 0.2) is 48.5 Å². The van der Waals surface area contributed by atoms with Crippen LogP contribution in [0.1, 0.15) is 31.2 Å². The number of piperidine rings is 2. The molecule has 0 aromatic heterocycles. The number of nitro groups is 2. The zero-order valence-corrected chi connectivity index (χ0v) is 20.5. The number of halogens is 1. The topological polar surface area (TPSA) is 119 Å². The largest absolute Gasteiger partial charge is 0.328 e. The van der Waals surface area contributed by atoms with Crippen LogP contribution in [0.5, 0.6) is 0 Å². The van der Waals surface area contributed by atoms with E-state index < -0.39 is 10.7 Å². The van der Waals surface area contributed by atoms with Crippen molar-refractivity contribution in [2.75, 3.05) is 40.3 Å². The first-order valence-corrected chi connectivity index (χ1v) is 11.9. The maximum absolute atomic E-state index is 12.1. The van der Waals surface area contributed by atoms with Crippen LogP contribution in [0.2, 0.25) is 0 Å². The quantitative estimate of drug-likeness (QED) is 0.504. The molecule has 0 radical (unpaired) electrons. The Balaban J connectivity index is 0.000000204. The van der Waals surface area contributed by atoms with Crippen molar-refractivity contribution in [2.24, 2.45) is 11.7 Å². The summed E-state index contributed by atoms with van der Waals surface area (Å²) >= 11 is 0. The van der Waals surface area contributed by atoms with Gasteiger partial charge in [-0.2, -0.15) is 0 Å². The van der Waals surface area contributed by atoms with Crippen LogP contribution in [0.3, 0.4) is 0 Å². The van der Waals surface area contributed by atoms with Crippen molar-refractivity contribution in [2.45, 2.75) is 38.1 Å². The highest BCUT2D eigenvalue weighted by molar-refractivity contribution is 5.33. The first-order valence-electron chi connectivity index (χ1n) is 11.9. The molecule has 2 fully saturated rings. The lowest BCUT2D eigenvalue weighted by Crippen LogP contribution is -2.37. The molecule has 9 nitrogen and oxygen atoms in total. The number of nitrogens with two attached hydrogens (primary N) is 1. The number of benzene rings is 2. The Morgan fingerprint density at radius 3 is 1.60 bits per heavy atom. The van der Waals surface area contributed by atoms with E-state index in [-0.39, 0.29) is 16.3 Å². The van der Waals surface area contributed by atoms with E-state index in [9.17, 15) is 24.6 Å². The lowest BCUT2D eigenvalue weighted by molar-refractivity contribution is -0.385. The van der Waals surface area contributed by atoms with Crippen LogP contribution in [0.4, 0.5) is 15.8 Å². The van der Waals surface area contributed by atoms with Crippen LogP contribution in [0, 0.1) is 32.0 Å². The van der Waals surface area contributed by atoms with Gasteiger partial charge in [-0.3, -0.25) is 20.2 Å². The van der Waals surface area contributed by atoms with Crippen LogP contribution in [-0.2, 0) is 6.42 Å². The second-order valence-corrected chi connectivity index (χ2v) is 9.25. The third-order valence-corrected chi connectivity index (χ3v) is 6.31. The van der Waals surface area contributed by atoms with Gasteiger partial charge in [0.2, 0.25) is 0 Å². The van der Waals surface area contributed by atoms with Crippen molar-refractivity contribution in [3.05, 3.63) is 80.1 Å². The third-order valence-electron chi connectivity index (χ3n) is 6.31. The minimum Gasteiger partial charge on any atom is -0.328 e. The molecule has 0 amide bonds. The highest BCUT2D eigenvalue weighted by atomic mass is 19.1. The van der Waals surface area contributed by atoms with E-state index in [0.29, 0.717) is 6.04 Å². The second-order valence-electron chi connectivity index (χ2n) is 9.25. The molecule has 2 aromatic carbocycles. The Hall–Kier alpha value is -2.95. The number of nitro benzene ring substituents is 2. The Kier molecular flexibility index (Phi) is 11.7. The minimum absolute atomic E-state index is 0.0959. The summed E-state index contributed by atoms with van der Waals surface area (Å²) < 4.78 is 12.1. The average molecular weight is 490 g/mol. The fraction of sp³-hybridized carbons (Fsp3) is 0.520. The Bertz CT molecular complexity index is 900. The fourth-order valence-corrected chi connectivity index (χ4v) is 3.94. The highest BCUT2D eigenvalue weighted by Crippen LogP contribution is 2.22. The first-order chi connectivity index (χ1) is 16.6. The van der Waals surface area contributed by atoms with Gasteiger partial charge in [-0.05, 0) is 96.0 Å². The van der Waals surface area contributed by atoms with Gasteiger partial charge in [0.25, 0.3) is 11.4 Å². The molecule has 0 unspecified atom stereocenters. The highest BCUT2D eigenvalue weighted by Gasteiger charge is 2.17. The smallest absolute Gasteiger partial charge is 0.269 e. The number of likely N-dealkylation sites (tertiary alicyclic amines) is 2. The van der Waals surface area contributed by atoms with Crippen molar-refractivity contribution < 1.29 is 14.2 Å². The van der Waals surface area contributed by atoms with Gasteiger partial charge in [0.15, 0.2) is 0 Å². The maximum atomic E-state index is 12.1. The molecule has 192 valence electrons. The van der Waals surface area contributed by atoms with Crippen LogP contribution >= 0.6 is 0 Å². The molecule has 2 N–H and O–H groups in total. The number of hydrogen-bond acceptors (Lipinski definition) is 7. The summed E-state index contributed by atoms with van der Waals surface area (Å²) in [6, 6.07) is 11.8. The summed E-state index contributed by atoms with van der Waals surface area (Å²) in [5.41, 5.74) is 6.97.